The number of halogens is 2. The van der Waals surface area contributed by atoms with Crippen LogP contribution in [0.25, 0.3) is 0 Å². The molecule has 0 saturated heterocycles. The summed E-state index contributed by atoms with van der Waals surface area (Å²) in [5, 5.41) is 17.7. The molecule has 0 aliphatic heterocycles. The highest BCUT2D eigenvalue weighted by Gasteiger charge is 2.26. The van der Waals surface area contributed by atoms with Crippen LogP contribution in [0.3, 0.4) is 0 Å². The van der Waals surface area contributed by atoms with E-state index in [4.69, 9.17) is 22.4 Å². The molecule has 0 saturated carbocycles. The zero-order valence-electron chi connectivity index (χ0n) is 8.20. The molecule has 1 rings (SSSR count). The summed E-state index contributed by atoms with van der Waals surface area (Å²) in [5.74, 6) is -3.16. The second kappa shape index (κ2) is 4.54. The van der Waals surface area contributed by atoms with Crippen molar-refractivity contribution in [3.8, 4) is 11.5 Å². The maximum absolute atomic E-state index is 13.3. The lowest BCUT2D eigenvalue weighted by Crippen LogP contribution is -2.21. The fourth-order valence-electron chi connectivity index (χ4n) is 1.18. The molecule has 1 aromatic rings. The molecule has 0 bridgehead atoms. The van der Waals surface area contributed by atoms with E-state index in [1.807, 2.05) is 0 Å². The largest absolute Gasteiger partial charge is 0.504 e. The normalized spacial score (nSPS) is 12.2. The van der Waals surface area contributed by atoms with Crippen LogP contribution in [0.15, 0.2) is 6.07 Å². The minimum absolute atomic E-state index is 0.228. The zero-order chi connectivity index (χ0) is 12.5. The first-order valence-electron chi connectivity index (χ1n) is 4.13. The van der Waals surface area contributed by atoms with Gasteiger partial charge in [-0.05, 0) is 0 Å². The topological polar surface area (TPSA) is 92.8 Å². The lowest BCUT2D eigenvalue weighted by atomic mass is 10.1. The van der Waals surface area contributed by atoms with Crippen LogP contribution in [-0.4, -0.2) is 23.3 Å². The molecule has 88 valence electrons. The number of hydrogen-bond donors (Lipinski definition) is 3. The highest BCUT2D eigenvalue weighted by Crippen LogP contribution is 2.39. The van der Waals surface area contributed by atoms with E-state index in [1.54, 1.807) is 0 Å². The van der Waals surface area contributed by atoms with Gasteiger partial charge in [0, 0.05) is 11.6 Å². The van der Waals surface area contributed by atoms with Crippen LogP contribution in [0.2, 0.25) is 5.02 Å². The Balaban J connectivity index is 3.47. The van der Waals surface area contributed by atoms with Gasteiger partial charge in [0.1, 0.15) is 11.9 Å². The van der Waals surface area contributed by atoms with Crippen LogP contribution in [-0.2, 0) is 4.79 Å². The number of nitrogens with two attached hydrogens (primary N) is 1. The lowest BCUT2D eigenvalue weighted by Gasteiger charge is -2.14. The third kappa shape index (κ3) is 2.02. The van der Waals surface area contributed by atoms with Gasteiger partial charge in [-0.3, -0.25) is 4.79 Å². The molecule has 0 aliphatic rings. The molecule has 0 aliphatic carbocycles. The molecule has 0 heterocycles. The number of phenols is 1. The SMILES string of the molecule is COc1cc(F)c(Cl)c(C(N)C(=O)O)c1O. The summed E-state index contributed by atoms with van der Waals surface area (Å²) in [6, 6.07) is -0.785. The number of carboxylic acids is 1. The molecule has 16 heavy (non-hydrogen) atoms. The van der Waals surface area contributed by atoms with Gasteiger partial charge in [-0.15, -0.1) is 0 Å². The Hall–Kier alpha value is -1.53. The van der Waals surface area contributed by atoms with Gasteiger partial charge < -0.3 is 20.7 Å². The smallest absolute Gasteiger partial charge is 0.325 e. The fraction of sp³-hybridized carbons (Fsp3) is 0.222. The van der Waals surface area contributed by atoms with E-state index in [1.165, 1.54) is 7.11 Å². The van der Waals surface area contributed by atoms with E-state index < -0.39 is 34.2 Å². The van der Waals surface area contributed by atoms with Gasteiger partial charge in [0.2, 0.25) is 0 Å². The predicted molar refractivity (Wildman–Crippen MR) is 54.2 cm³/mol. The van der Waals surface area contributed by atoms with Crippen molar-refractivity contribution < 1.29 is 24.1 Å². The van der Waals surface area contributed by atoms with E-state index in [9.17, 15) is 14.3 Å². The summed E-state index contributed by atoms with van der Waals surface area (Å²) in [6.45, 7) is 0. The minimum Gasteiger partial charge on any atom is -0.504 e. The van der Waals surface area contributed by atoms with Gasteiger partial charge in [-0.2, -0.15) is 0 Å². The van der Waals surface area contributed by atoms with Crippen molar-refractivity contribution in [3.63, 3.8) is 0 Å². The maximum atomic E-state index is 13.3. The van der Waals surface area contributed by atoms with Gasteiger partial charge in [-0.25, -0.2) is 4.39 Å². The van der Waals surface area contributed by atoms with Crippen LogP contribution in [0.1, 0.15) is 11.6 Å². The van der Waals surface area contributed by atoms with Gasteiger partial charge in [-0.1, -0.05) is 11.6 Å². The first-order valence-corrected chi connectivity index (χ1v) is 4.51. The summed E-state index contributed by atoms with van der Waals surface area (Å²) >= 11 is 5.53. The molecule has 0 radical (unpaired) electrons. The third-order valence-electron chi connectivity index (χ3n) is 1.99. The fourth-order valence-corrected chi connectivity index (χ4v) is 1.44. The summed E-state index contributed by atoms with van der Waals surface area (Å²) in [5.41, 5.74) is 4.85. The number of carboxylic acid groups (broad SMARTS) is 1. The predicted octanol–water partition coefficient (Wildman–Crippen LogP) is 1.28. The summed E-state index contributed by atoms with van der Waals surface area (Å²) in [7, 11) is 1.19. The van der Waals surface area contributed by atoms with Crippen molar-refractivity contribution in [1.29, 1.82) is 0 Å². The molecular formula is C9H9ClFNO4. The first-order chi connectivity index (χ1) is 7.40. The zero-order valence-corrected chi connectivity index (χ0v) is 8.95. The Labute approximate surface area is 95.2 Å². The van der Waals surface area contributed by atoms with Gasteiger partial charge in [0.05, 0.1) is 12.1 Å². The van der Waals surface area contributed by atoms with Crippen LogP contribution in [0.4, 0.5) is 4.39 Å². The minimum atomic E-state index is -1.63. The lowest BCUT2D eigenvalue weighted by molar-refractivity contribution is -0.138. The van der Waals surface area contributed by atoms with Gasteiger partial charge in [0.15, 0.2) is 11.5 Å². The molecular weight excluding hydrogens is 241 g/mol. The molecule has 1 unspecified atom stereocenters. The van der Waals surface area contributed by atoms with E-state index >= 15 is 0 Å². The number of carbonyl (C=O) groups is 1. The van der Waals surface area contributed by atoms with Crippen LogP contribution in [0.5, 0.6) is 11.5 Å². The van der Waals surface area contributed by atoms with Crippen molar-refractivity contribution in [3.05, 3.63) is 22.5 Å². The molecule has 5 nitrogen and oxygen atoms in total. The second-order valence-corrected chi connectivity index (χ2v) is 3.33. The maximum Gasteiger partial charge on any atom is 0.325 e. The molecule has 1 aromatic carbocycles. The van der Waals surface area contributed by atoms with Crippen LogP contribution >= 0.6 is 11.6 Å². The number of aromatic hydroxyl groups is 1. The second-order valence-electron chi connectivity index (χ2n) is 2.95. The Morgan fingerprint density at radius 1 is 1.69 bits per heavy atom. The van der Waals surface area contributed by atoms with Crippen molar-refractivity contribution in [2.75, 3.05) is 7.11 Å². The molecule has 0 fully saturated rings. The van der Waals surface area contributed by atoms with Crippen LogP contribution < -0.4 is 10.5 Å². The van der Waals surface area contributed by atoms with Gasteiger partial charge in [0.25, 0.3) is 0 Å². The molecule has 7 heteroatoms. The monoisotopic (exact) mass is 249 g/mol. The van der Waals surface area contributed by atoms with E-state index in [-0.39, 0.29) is 5.75 Å². The average molecular weight is 250 g/mol. The molecule has 0 spiro atoms. The Kier molecular flexibility index (Phi) is 3.56. The summed E-state index contributed by atoms with van der Waals surface area (Å²) in [4.78, 5) is 10.7. The first kappa shape index (κ1) is 12.5. The summed E-state index contributed by atoms with van der Waals surface area (Å²) < 4.78 is 17.9. The van der Waals surface area contributed by atoms with E-state index in [0.29, 0.717) is 0 Å². The third-order valence-corrected chi connectivity index (χ3v) is 2.37. The Bertz CT molecular complexity index is 438. The van der Waals surface area contributed by atoms with Crippen molar-refractivity contribution >= 4 is 17.6 Å². The Morgan fingerprint density at radius 2 is 2.25 bits per heavy atom. The quantitative estimate of drug-likeness (QED) is 0.750. The molecule has 4 N–H and O–H groups in total. The van der Waals surface area contributed by atoms with Crippen molar-refractivity contribution in [2.24, 2.45) is 5.73 Å². The number of aliphatic carboxylic acids is 1. The standard InChI is InChI=1S/C9H9ClFNO4/c1-16-4-2-3(11)6(10)5(8(4)13)7(12)9(14)15/h2,7,13H,12H2,1H3,(H,14,15). The molecule has 0 aromatic heterocycles. The Morgan fingerprint density at radius 3 is 2.69 bits per heavy atom. The van der Waals surface area contributed by atoms with E-state index in [0.717, 1.165) is 6.07 Å². The number of phenolic OH excluding ortho intramolecular Hbond substituents is 1. The van der Waals surface area contributed by atoms with Crippen molar-refractivity contribution in [2.45, 2.75) is 6.04 Å². The highest BCUT2D eigenvalue weighted by atomic mass is 35.5. The van der Waals surface area contributed by atoms with E-state index in [2.05, 4.69) is 4.74 Å². The van der Waals surface area contributed by atoms with Crippen LogP contribution in [0, 0.1) is 5.82 Å². The molecule has 1 atom stereocenters. The highest BCUT2D eigenvalue weighted by molar-refractivity contribution is 6.32. The number of hydrogen-bond acceptors (Lipinski definition) is 4. The number of ether oxygens (including phenoxy) is 1. The summed E-state index contributed by atoms with van der Waals surface area (Å²) in [6.07, 6.45) is 0. The number of methoxy groups -OCH3 is 1. The van der Waals surface area contributed by atoms with Gasteiger partial charge >= 0.3 is 5.97 Å². The number of rotatable bonds is 3. The average Bonchev–Trinajstić information content (AvgIpc) is 2.23. The molecule has 0 amide bonds. The number of benzene rings is 1. The van der Waals surface area contributed by atoms with Crippen molar-refractivity contribution in [1.82, 2.24) is 0 Å².